The van der Waals surface area contributed by atoms with Gasteiger partial charge in [-0.3, -0.25) is 0 Å². The second-order valence-electron chi connectivity index (χ2n) is 4.66. The van der Waals surface area contributed by atoms with Crippen LogP contribution in [0.25, 0.3) is 11.4 Å². The summed E-state index contributed by atoms with van der Waals surface area (Å²) in [7, 11) is 1.43. The van der Waals surface area contributed by atoms with E-state index >= 15 is 0 Å². The minimum atomic E-state index is -0.434. The van der Waals surface area contributed by atoms with E-state index in [1.807, 2.05) is 0 Å². The van der Waals surface area contributed by atoms with Crippen LogP contribution in [0.2, 0.25) is 5.15 Å². The van der Waals surface area contributed by atoms with E-state index in [2.05, 4.69) is 32.6 Å². The van der Waals surface area contributed by atoms with Gasteiger partial charge in [0.05, 0.1) is 16.4 Å². The molecule has 0 atom stereocenters. The standard InChI is InChI=1S/C14H11ClFIN2O/c1-20-10-5-4-8(6-9(10)16)14-18-12(7-2-3-7)11(17)13(15)19-14/h4-7H,2-3H2,1H3. The van der Waals surface area contributed by atoms with Crippen molar-refractivity contribution in [2.75, 3.05) is 7.11 Å². The SMILES string of the molecule is COc1ccc(-c2nc(Cl)c(I)c(C3CC3)n2)cc1F. The lowest BCUT2D eigenvalue weighted by Gasteiger charge is -2.08. The lowest BCUT2D eigenvalue weighted by atomic mass is 10.2. The maximum Gasteiger partial charge on any atom is 0.165 e. The van der Waals surface area contributed by atoms with Gasteiger partial charge in [0.25, 0.3) is 0 Å². The van der Waals surface area contributed by atoms with E-state index in [0.29, 0.717) is 22.5 Å². The van der Waals surface area contributed by atoms with Gasteiger partial charge < -0.3 is 4.74 Å². The van der Waals surface area contributed by atoms with Gasteiger partial charge >= 0.3 is 0 Å². The molecule has 0 saturated heterocycles. The van der Waals surface area contributed by atoms with E-state index in [1.54, 1.807) is 12.1 Å². The highest BCUT2D eigenvalue weighted by molar-refractivity contribution is 14.1. The maximum absolute atomic E-state index is 13.8. The summed E-state index contributed by atoms with van der Waals surface area (Å²) in [5.41, 5.74) is 1.57. The zero-order chi connectivity index (χ0) is 14.3. The van der Waals surface area contributed by atoms with Crippen LogP contribution in [0.3, 0.4) is 0 Å². The average molecular weight is 405 g/mol. The van der Waals surface area contributed by atoms with E-state index < -0.39 is 5.82 Å². The van der Waals surface area contributed by atoms with Crippen molar-refractivity contribution in [2.45, 2.75) is 18.8 Å². The fourth-order valence-corrected chi connectivity index (χ4v) is 2.86. The molecule has 1 saturated carbocycles. The summed E-state index contributed by atoms with van der Waals surface area (Å²) in [4.78, 5) is 8.80. The summed E-state index contributed by atoms with van der Waals surface area (Å²) in [6, 6.07) is 4.67. The van der Waals surface area contributed by atoms with Crippen LogP contribution in [0.15, 0.2) is 18.2 Å². The highest BCUT2D eigenvalue weighted by atomic mass is 127. The number of methoxy groups -OCH3 is 1. The molecule has 1 aliphatic carbocycles. The maximum atomic E-state index is 13.8. The molecule has 3 rings (SSSR count). The molecule has 2 aromatic rings. The fraction of sp³-hybridized carbons (Fsp3) is 0.286. The van der Waals surface area contributed by atoms with Crippen molar-refractivity contribution in [1.82, 2.24) is 9.97 Å². The summed E-state index contributed by atoms with van der Waals surface area (Å²) in [6.07, 6.45) is 2.25. The predicted molar refractivity (Wildman–Crippen MR) is 83.7 cm³/mol. The number of ether oxygens (including phenoxy) is 1. The van der Waals surface area contributed by atoms with Crippen LogP contribution in [0, 0.1) is 9.39 Å². The summed E-state index contributed by atoms with van der Waals surface area (Å²) < 4.78 is 19.6. The molecule has 0 radical (unpaired) electrons. The quantitative estimate of drug-likeness (QED) is 0.561. The van der Waals surface area contributed by atoms with Crippen molar-refractivity contribution in [1.29, 1.82) is 0 Å². The van der Waals surface area contributed by atoms with Crippen LogP contribution >= 0.6 is 34.2 Å². The van der Waals surface area contributed by atoms with Crippen LogP contribution in [0.5, 0.6) is 5.75 Å². The molecule has 0 bridgehead atoms. The fourth-order valence-electron chi connectivity index (χ4n) is 2.00. The van der Waals surface area contributed by atoms with Crippen molar-refractivity contribution < 1.29 is 9.13 Å². The van der Waals surface area contributed by atoms with Gasteiger partial charge in [-0.25, -0.2) is 14.4 Å². The highest BCUT2D eigenvalue weighted by Crippen LogP contribution is 2.42. The Hall–Kier alpha value is -0.950. The number of benzene rings is 1. The highest BCUT2D eigenvalue weighted by Gasteiger charge is 2.29. The van der Waals surface area contributed by atoms with Crippen LogP contribution in [-0.2, 0) is 0 Å². The number of halogens is 3. The van der Waals surface area contributed by atoms with Gasteiger partial charge in [-0.2, -0.15) is 0 Å². The first kappa shape index (κ1) is 14.0. The Balaban J connectivity index is 2.07. The molecule has 1 heterocycles. The van der Waals surface area contributed by atoms with Crippen LogP contribution in [0.4, 0.5) is 4.39 Å². The molecular formula is C14H11ClFIN2O. The molecule has 0 amide bonds. The first-order valence-corrected chi connectivity index (χ1v) is 7.62. The monoisotopic (exact) mass is 404 g/mol. The number of rotatable bonds is 3. The summed E-state index contributed by atoms with van der Waals surface area (Å²) >= 11 is 8.33. The molecule has 20 heavy (non-hydrogen) atoms. The molecular weight excluding hydrogens is 394 g/mol. The van der Waals surface area contributed by atoms with Crippen molar-refractivity contribution in [3.8, 4) is 17.1 Å². The first-order chi connectivity index (χ1) is 9.60. The van der Waals surface area contributed by atoms with E-state index in [9.17, 15) is 4.39 Å². The summed E-state index contributed by atoms with van der Waals surface area (Å²) in [5, 5.41) is 0.425. The number of nitrogens with zero attached hydrogens (tertiary/aromatic N) is 2. The summed E-state index contributed by atoms with van der Waals surface area (Å²) in [6.45, 7) is 0. The van der Waals surface area contributed by atoms with E-state index in [4.69, 9.17) is 16.3 Å². The van der Waals surface area contributed by atoms with Gasteiger partial charge in [0.2, 0.25) is 0 Å². The molecule has 3 nitrogen and oxygen atoms in total. The molecule has 1 aromatic carbocycles. The van der Waals surface area contributed by atoms with Gasteiger partial charge in [-0.15, -0.1) is 0 Å². The third kappa shape index (κ3) is 2.61. The Bertz CT molecular complexity index is 676. The van der Waals surface area contributed by atoms with E-state index in [-0.39, 0.29) is 5.75 Å². The molecule has 1 aliphatic rings. The largest absolute Gasteiger partial charge is 0.494 e. The second kappa shape index (κ2) is 5.44. The normalized spacial score (nSPS) is 14.4. The van der Waals surface area contributed by atoms with Gasteiger partial charge in [0.15, 0.2) is 17.4 Å². The van der Waals surface area contributed by atoms with E-state index in [1.165, 1.54) is 13.2 Å². The third-order valence-corrected chi connectivity index (χ3v) is 4.87. The van der Waals surface area contributed by atoms with Crippen molar-refractivity contribution in [2.24, 2.45) is 0 Å². The Morgan fingerprint density at radius 2 is 2.10 bits per heavy atom. The summed E-state index contributed by atoms with van der Waals surface area (Å²) in [5.74, 6) is 0.687. The smallest absolute Gasteiger partial charge is 0.165 e. The van der Waals surface area contributed by atoms with Crippen LogP contribution < -0.4 is 4.74 Å². The lowest BCUT2D eigenvalue weighted by molar-refractivity contribution is 0.386. The molecule has 104 valence electrons. The first-order valence-electron chi connectivity index (χ1n) is 6.17. The molecule has 0 N–H and O–H groups in total. The Morgan fingerprint density at radius 1 is 1.35 bits per heavy atom. The second-order valence-corrected chi connectivity index (χ2v) is 6.10. The Labute approximate surface area is 134 Å². The van der Waals surface area contributed by atoms with Gasteiger partial charge in [0, 0.05) is 11.5 Å². The minimum Gasteiger partial charge on any atom is -0.494 e. The minimum absolute atomic E-state index is 0.202. The molecule has 0 unspecified atom stereocenters. The van der Waals surface area contributed by atoms with Crippen LogP contribution in [-0.4, -0.2) is 17.1 Å². The Kier molecular flexibility index (Phi) is 3.81. The third-order valence-electron chi connectivity index (χ3n) is 3.21. The Morgan fingerprint density at radius 3 is 2.70 bits per heavy atom. The molecule has 0 spiro atoms. The molecule has 0 aliphatic heterocycles. The van der Waals surface area contributed by atoms with Crippen molar-refractivity contribution in [3.63, 3.8) is 0 Å². The van der Waals surface area contributed by atoms with Crippen molar-refractivity contribution in [3.05, 3.63) is 38.4 Å². The molecule has 6 heteroatoms. The number of hydrogen-bond acceptors (Lipinski definition) is 3. The number of aromatic nitrogens is 2. The predicted octanol–water partition coefficient (Wildman–Crippen LogP) is 4.43. The lowest BCUT2D eigenvalue weighted by Crippen LogP contribution is -2.00. The van der Waals surface area contributed by atoms with E-state index in [0.717, 1.165) is 22.1 Å². The number of hydrogen-bond donors (Lipinski definition) is 0. The zero-order valence-corrected chi connectivity index (χ0v) is 13.6. The van der Waals surface area contributed by atoms with Crippen LogP contribution in [0.1, 0.15) is 24.5 Å². The molecule has 1 fully saturated rings. The topological polar surface area (TPSA) is 35.0 Å². The van der Waals surface area contributed by atoms with Gasteiger partial charge in [-0.05, 0) is 53.6 Å². The van der Waals surface area contributed by atoms with Gasteiger partial charge in [-0.1, -0.05) is 11.6 Å². The van der Waals surface area contributed by atoms with Crippen molar-refractivity contribution >= 4 is 34.2 Å². The average Bonchev–Trinajstić information content (AvgIpc) is 3.26. The van der Waals surface area contributed by atoms with Gasteiger partial charge in [0.1, 0.15) is 5.15 Å². The zero-order valence-electron chi connectivity index (χ0n) is 10.7. The molecule has 1 aromatic heterocycles.